The van der Waals surface area contributed by atoms with E-state index in [4.69, 9.17) is 4.74 Å². The Balaban J connectivity index is 3.59. The first kappa shape index (κ1) is 10.6. The molecule has 0 radical (unpaired) electrons. The highest BCUT2D eigenvalue weighted by Gasteiger charge is 2.13. The fourth-order valence-electron chi connectivity index (χ4n) is 1.32. The summed E-state index contributed by atoms with van der Waals surface area (Å²) < 4.78 is 5.24. The second kappa shape index (κ2) is 6.35. The maximum atomic E-state index is 10.1. The molecule has 0 aromatic heterocycles. The van der Waals surface area contributed by atoms with Crippen molar-refractivity contribution in [2.45, 2.75) is 39.2 Å². The molecule has 0 saturated carbocycles. The molecule has 0 spiro atoms. The number of aldehydes is 1. The van der Waals surface area contributed by atoms with E-state index in [0.717, 1.165) is 19.1 Å². The summed E-state index contributed by atoms with van der Waals surface area (Å²) >= 11 is 0. The smallest absolute Gasteiger partial charge is 0.120 e. The molecular weight excluding hydrogens is 140 g/mol. The first-order valence-electron chi connectivity index (χ1n) is 4.22. The molecule has 0 unspecified atom stereocenters. The molecule has 11 heavy (non-hydrogen) atoms. The Kier molecular flexibility index (Phi) is 6.13. The SMILES string of the molecule is CC[C@H](OC)[C@@H](C)CCC=O. The molecule has 0 aromatic carbocycles. The maximum absolute atomic E-state index is 10.1. The average molecular weight is 158 g/mol. The molecule has 0 rings (SSSR count). The zero-order valence-corrected chi connectivity index (χ0v) is 7.67. The molecule has 0 aliphatic carbocycles. The van der Waals surface area contributed by atoms with Gasteiger partial charge >= 0.3 is 0 Å². The first-order chi connectivity index (χ1) is 5.26. The third kappa shape index (κ3) is 4.14. The van der Waals surface area contributed by atoms with Gasteiger partial charge in [-0.05, 0) is 18.8 Å². The van der Waals surface area contributed by atoms with E-state index >= 15 is 0 Å². The molecule has 0 heterocycles. The van der Waals surface area contributed by atoms with Crippen molar-refractivity contribution >= 4 is 6.29 Å². The topological polar surface area (TPSA) is 26.3 Å². The van der Waals surface area contributed by atoms with Gasteiger partial charge in [0.25, 0.3) is 0 Å². The first-order valence-corrected chi connectivity index (χ1v) is 4.22. The van der Waals surface area contributed by atoms with Gasteiger partial charge in [-0.2, -0.15) is 0 Å². The van der Waals surface area contributed by atoms with E-state index in [1.807, 2.05) is 0 Å². The van der Waals surface area contributed by atoms with Gasteiger partial charge in [0.15, 0.2) is 0 Å². The van der Waals surface area contributed by atoms with E-state index in [9.17, 15) is 4.79 Å². The highest BCUT2D eigenvalue weighted by atomic mass is 16.5. The van der Waals surface area contributed by atoms with Gasteiger partial charge in [-0.25, -0.2) is 0 Å². The summed E-state index contributed by atoms with van der Waals surface area (Å²) in [5.41, 5.74) is 0. The largest absolute Gasteiger partial charge is 0.381 e. The summed E-state index contributed by atoms with van der Waals surface area (Å²) in [6, 6.07) is 0. The number of hydrogen-bond acceptors (Lipinski definition) is 2. The van der Waals surface area contributed by atoms with Crippen LogP contribution in [-0.2, 0) is 9.53 Å². The standard InChI is InChI=1S/C9H18O2/c1-4-9(11-3)8(2)6-5-7-10/h7-9H,4-6H2,1-3H3/t8-,9-/m0/s1. The van der Waals surface area contributed by atoms with Gasteiger partial charge in [0.2, 0.25) is 0 Å². The minimum atomic E-state index is 0.315. The van der Waals surface area contributed by atoms with Gasteiger partial charge in [-0.15, -0.1) is 0 Å². The maximum Gasteiger partial charge on any atom is 0.120 e. The molecule has 2 heteroatoms. The molecule has 0 bridgehead atoms. The second-order valence-corrected chi connectivity index (χ2v) is 2.90. The van der Waals surface area contributed by atoms with Crippen LogP contribution in [-0.4, -0.2) is 19.5 Å². The fraction of sp³-hybridized carbons (Fsp3) is 0.889. The van der Waals surface area contributed by atoms with Crippen molar-refractivity contribution in [3.05, 3.63) is 0 Å². The van der Waals surface area contributed by atoms with Crippen molar-refractivity contribution in [3.63, 3.8) is 0 Å². The van der Waals surface area contributed by atoms with E-state index in [1.54, 1.807) is 7.11 Å². The fourth-order valence-corrected chi connectivity index (χ4v) is 1.32. The summed E-state index contributed by atoms with van der Waals surface area (Å²) in [5, 5.41) is 0. The summed E-state index contributed by atoms with van der Waals surface area (Å²) in [7, 11) is 1.73. The van der Waals surface area contributed by atoms with Crippen molar-refractivity contribution in [1.29, 1.82) is 0 Å². The molecular formula is C9H18O2. The van der Waals surface area contributed by atoms with Crippen molar-refractivity contribution in [3.8, 4) is 0 Å². The molecule has 0 N–H and O–H groups in total. The average Bonchev–Trinajstić information content (AvgIpc) is 2.03. The lowest BCUT2D eigenvalue weighted by Gasteiger charge is -2.19. The highest BCUT2D eigenvalue weighted by Crippen LogP contribution is 2.15. The number of hydrogen-bond donors (Lipinski definition) is 0. The molecule has 0 saturated heterocycles. The lowest BCUT2D eigenvalue weighted by atomic mass is 9.97. The Morgan fingerprint density at radius 3 is 2.55 bits per heavy atom. The summed E-state index contributed by atoms with van der Waals surface area (Å²) in [6.45, 7) is 4.23. The van der Waals surface area contributed by atoms with Crippen LogP contribution in [0.4, 0.5) is 0 Å². The predicted octanol–water partition coefficient (Wildman–Crippen LogP) is 2.03. The molecule has 0 aliphatic heterocycles. The van der Waals surface area contributed by atoms with Gasteiger partial charge in [0, 0.05) is 13.5 Å². The van der Waals surface area contributed by atoms with Gasteiger partial charge < -0.3 is 9.53 Å². The number of carbonyl (C=O) groups is 1. The summed E-state index contributed by atoms with van der Waals surface area (Å²) in [5.74, 6) is 0.496. The van der Waals surface area contributed by atoms with Crippen molar-refractivity contribution in [1.82, 2.24) is 0 Å². The second-order valence-electron chi connectivity index (χ2n) is 2.90. The van der Waals surface area contributed by atoms with Crippen LogP contribution in [0.2, 0.25) is 0 Å². The van der Waals surface area contributed by atoms with Crippen molar-refractivity contribution in [2.75, 3.05) is 7.11 Å². The molecule has 2 nitrogen and oxygen atoms in total. The normalized spacial score (nSPS) is 15.9. The van der Waals surface area contributed by atoms with Crippen LogP contribution in [0.15, 0.2) is 0 Å². The van der Waals surface area contributed by atoms with E-state index < -0.39 is 0 Å². The van der Waals surface area contributed by atoms with E-state index in [-0.39, 0.29) is 0 Å². The lowest BCUT2D eigenvalue weighted by Crippen LogP contribution is -2.19. The Labute approximate surface area is 68.9 Å². The minimum absolute atomic E-state index is 0.315. The summed E-state index contributed by atoms with van der Waals surface area (Å²) in [6.07, 6.45) is 3.90. The van der Waals surface area contributed by atoms with Crippen LogP contribution in [0.5, 0.6) is 0 Å². The van der Waals surface area contributed by atoms with Gasteiger partial charge in [-0.1, -0.05) is 13.8 Å². The van der Waals surface area contributed by atoms with Gasteiger partial charge in [-0.3, -0.25) is 0 Å². The van der Waals surface area contributed by atoms with Crippen LogP contribution in [0.1, 0.15) is 33.1 Å². The molecule has 0 aliphatic rings. The summed E-state index contributed by atoms with van der Waals surface area (Å²) in [4.78, 5) is 10.1. The van der Waals surface area contributed by atoms with Crippen LogP contribution in [0.3, 0.4) is 0 Å². The molecule has 0 fully saturated rings. The van der Waals surface area contributed by atoms with Crippen LogP contribution < -0.4 is 0 Å². The molecule has 0 aromatic rings. The Morgan fingerprint density at radius 1 is 1.55 bits per heavy atom. The third-order valence-corrected chi connectivity index (χ3v) is 2.08. The monoisotopic (exact) mass is 158 g/mol. The van der Waals surface area contributed by atoms with Gasteiger partial charge in [0.05, 0.1) is 6.10 Å². The van der Waals surface area contributed by atoms with E-state index in [1.165, 1.54) is 0 Å². The van der Waals surface area contributed by atoms with E-state index in [2.05, 4.69) is 13.8 Å². The quantitative estimate of drug-likeness (QED) is 0.553. The van der Waals surface area contributed by atoms with Crippen molar-refractivity contribution in [2.24, 2.45) is 5.92 Å². The molecule has 2 atom stereocenters. The highest BCUT2D eigenvalue weighted by molar-refractivity contribution is 5.49. The number of rotatable bonds is 6. The molecule has 66 valence electrons. The number of methoxy groups -OCH3 is 1. The Hall–Kier alpha value is -0.370. The zero-order valence-electron chi connectivity index (χ0n) is 7.67. The minimum Gasteiger partial charge on any atom is -0.381 e. The van der Waals surface area contributed by atoms with Crippen molar-refractivity contribution < 1.29 is 9.53 Å². The third-order valence-electron chi connectivity index (χ3n) is 2.08. The van der Waals surface area contributed by atoms with Crippen LogP contribution in [0, 0.1) is 5.92 Å². The Bertz CT molecular complexity index is 97.7. The number of ether oxygens (including phenoxy) is 1. The molecule has 0 amide bonds. The van der Waals surface area contributed by atoms with Crippen LogP contribution in [0.25, 0.3) is 0 Å². The number of carbonyl (C=O) groups excluding carboxylic acids is 1. The Morgan fingerprint density at radius 2 is 2.18 bits per heavy atom. The zero-order chi connectivity index (χ0) is 8.69. The predicted molar refractivity (Wildman–Crippen MR) is 45.6 cm³/mol. The van der Waals surface area contributed by atoms with E-state index in [0.29, 0.717) is 18.4 Å². The lowest BCUT2D eigenvalue weighted by molar-refractivity contribution is -0.108. The van der Waals surface area contributed by atoms with Gasteiger partial charge in [0.1, 0.15) is 6.29 Å². The van der Waals surface area contributed by atoms with Crippen LogP contribution >= 0.6 is 0 Å².